The summed E-state index contributed by atoms with van der Waals surface area (Å²) < 4.78 is 1.67. The normalized spacial score (nSPS) is 12.4. The second-order valence-electron chi connectivity index (χ2n) is 4.52. The fourth-order valence-corrected chi connectivity index (χ4v) is 1.94. The Morgan fingerprint density at radius 1 is 1.40 bits per heavy atom. The van der Waals surface area contributed by atoms with E-state index in [1.807, 2.05) is 6.92 Å². The summed E-state index contributed by atoms with van der Waals surface area (Å²) >= 11 is 0. The molecule has 0 aliphatic heterocycles. The molecule has 1 aromatic carbocycles. The topological polar surface area (TPSA) is 101 Å². The van der Waals surface area contributed by atoms with E-state index in [9.17, 15) is 4.79 Å². The zero-order chi connectivity index (χ0) is 13.9. The molecule has 1 atom stereocenters. The Balaban J connectivity index is 1.68. The van der Waals surface area contributed by atoms with Crippen LogP contribution in [0.1, 0.15) is 17.3 Å². The summed E-state index contributed by atoms with van der Waals surface area (Å²) in [6, 6.07) is 5.13. The van der Waals surface area contributed by atoms with Crippen molar-refractivity contribution in [2.24, 2.45) is 0 Å². The molecule has 2 N–H and O–H groups in total. The van der Waals surface area contributed by atoms with Crippen LogP contribution in [-0.2, 0) is 6.54 Å². The van der Waals surface area contributed by atoms with Gasteiger partial charge in [-0.15, -0.1) is 0 Å². The number of carbonyl (C=O) groups is 1. The third-order valence-electron chi connectivity index (χ3n) is 2.88. The molecule has 0 aliphatic carbocycles. The minimum absolute atomic E-state index is 0.0581. The Morgan fingerprint density at radius 3 is 3.05 bits per heavy atom. The van der Waals surface area contributed by atoms with Gasteiger partial charge in [0, 0.05) is 11.6 Å². The molecule has 2 aromatic heterocycles. The minimum Gasteiger partial charge on any atom is -0.348 e. The Hall–Kier alpha value is -2.77. The quantitative estimate of drug-likeness (QED) is 0.713. The maximum atomic E-state index is 12.1. The van der Waals surface area contributed by atoms with E-state index in [4.69, 9.17) is 0 Å². The van der Waals surface area contributed by atoms with Crippen molar-refractivity contribution in [2.45, 2.75) is 19.5 Å². The molecule has 3 rings (SSSR count). The lowest BCUT2D eigenvalue weighted by atomic mass is 10.1. The number of amides is 1. The van der Waals surface area contributed by atoms with Crippen molar-refractivity contribution < 1.29 is 4.79 Å². The van der Waals surface area contributed by atoms with E-state index in [0.717, 1.165) is 5.52 Å². The van der Waals surface area contributed by atoms with Gasteiger partial charge in [-0.3, -0.25) is 9.48 Å². The van der Waals surface area contributed by atoms with Gasteiger partial charge in [-0.05, 0) is 25.1 Å². The van der Waals surface area contributed by atoms with Crippen LogP contribution in [0.2, 0.25) is 0 Å². The van der Waals surface area contributed by atoms with E-state index in [2.05, 4.69) is 30.8 Å². The highest BCUT2D eigenvalue weighted by Crippen LogP contribution is 2.10. The molecule has 8 nitrogen and oxygen atoms in total. The van der Waals surface area contributed by atoms with Crippen LogP contribution in [0.5, 0.6) is 0 Å². The van der Waals surface area contributed by atoms with Gasteiger partial charge in [-0.1, -0.05) is 0 Å². The van der Waals surface area contributed by atoms with Gasteiger partial charge in [0.05, 0.1) is 6.54 Å². The molecule has 102 valence electrons. The van der Waals surface area contributed by atoms with Crippen molar-refractivity contribution in [3.63, 3.8) is 0 Å². The fourth-order valence-electron chi connectivity index (χ4n) is 1.94. The number of nitrogens with one attached hydrogen (secondary N) is 2. The van der Waals surface area contributed by atoms with Gasteiger partial charge in [-0.2, -0.15) is 20.5 Å². The molecule has 2 heterocycles. The summed E-state index contributed by atoms with van der Waals surface area (Å²) in [5.74, 6) is -0.150. The second kappa shape index (κ2) is 5.08. The lowest BCUT2D eigenvalue weighted by Gasteiger charge is -2.13. The van der Waals surface area contributed by atoms with Crippen molar-refractivity contribution in [1.29, 1.82) is 0 Å². The summed E-state index contributed by atoms with van der Waals surface area (Å²) in [5.41, 5.74) is 1.95. The maximum Gasteiger partial charge on any atom is 0.251 e. The van der Waals surface area contributed by atoms with Crippen LogP contribution in [-0.4, -0.2) is 42.1 Å². The highest BCUT2D eigenvalue weighted by molar-refractivity contribution is 5.97. The molecule has 0 bridgehead atoms. The SMILES string of the molecule is C[C@H](Cn1cncn1)NC(=O)c1ccc2n[nH]nc2c1. The number of aromatic amines is 1. The average Bonchev–Trinajstić information content (AvgIpc) is 3.07. The van der Waals surface area contributed by atoms with Crippen LogP contribution >= 0.6 is 0 Å². The molecular weight excluding hydrogens is 258 g/mol. The highest BCUT2D eigenvalue weighted by Gasteiger charge is 2.11. The molecule has 0 fully saturated rings. The Morgan fingerprint density at radius 2 is 2.25 bits per heavy atom. The number of carbonyl (C=O) groups excluding carboxylic acids is 1. The molecule has 1 amide bonds. The summed E-state index contributed by atoms with van der Waals surface area (Å²) in [6.07, 6.45) is 3.08. The predicted molar refractivity (Wildman–Crippen MR) is 70.8 cm³/mol. The van der Waals surface area contributed by atoms with Gasteiger partial charge in [-0.25, -0.2) is 4.98 Å². The first-order valence-corrected chi connectivity index (χ1v) is 6.16. The lowest BCUT2D eigenvalue weighted by molar-refractivity contribution is 0.0936. The number of fused-ring (bicyclic) bond motifs is 1. The van der Waals surface area contributed by atoms with Crippen molar-refractivity contribution in [3.05, 3.63) is 36.4 Å². The molecule has 0 aliphatic rings. The molecule has 0 unspecified atom stereocenters. The Labute approximate surface area is 114 Å². The van der Waals surface area contributed by atoms with E-state index >= 15 is 0 Å². The third-order valence-corrected chi connectivity index (χ3v) is 2.88. The first-order chi connectivity index (χ1) is 9.72. The number of hydrogen-bond donors (Lipinski definition) is 2. The maximum absolute atomic E-state index is 12.1. The van der Waals surface area contributed by atoms with Crippen molar-refractivity contribution in [1.82, 2.24) is 35.5 Å². The molecule has 0 spiro atoms. The van der Waals surface area contributed by atoms with Crippen LogP contribution < -0.4 is 5.32 Å². The smallest absolute Gasteiger partial charge is 0.251 e. The van der Waals surface area contributed by atoms with E-state index in [0.29, 0.717) is 17.6 Å². The molecule has 0 radical (unpaired) electrons. The Bertz CT molecular complexity index is 718. The summed E-state index contributed by atoms with van der Waals surface area (Å²) in [7, 11) is 0. The zero-order valence-corrected chi connectivity index (χ0v) is 10.8. The first kappa shape index (κ1) is 12.3. The van der Waals surface area contributed by atoms with Gasteiger partial charge >= 0.3 is 0 Å². The number of H-pyrrole nitrogens is 1. The molecule has 0 saturated heterocycles. The van der Waals surface area contributed by atoms with E-state index < -0.39 is 0 Å². The molecular formula is C12H13N7O. The number of nitrogens with zero attached hydrogens (tertiary/aromatic N) is 5. The third kappa shape index (κ3) is 2.48. The number of hydrogen-bond acceptors (Lipinski definition) is 5. The fraction of sp³-hybridized carbons (Fsp3) is 0.250. The summed E-state index contributed by atoms with van der Waals surface area (Å²) in [4.78, 5) is 16.0. The minimum atomic E-state index is -0.150. The first-order valence-electron chi connectivity index (χ1n) is 6.16. The van der Waals surface area contributed by atoms with E-state index in [1.54, 1.807) is 29.2 Å². The van der Waals surface area contributed by atoms with Gasteiger partial charge in [0.15, 0.2) is 0 Å². The van der Waals surface area contributed by atoms with E-state index in [-0.39, 0.29) is 11.9 Å². The number of benzene rings is 1. The van der Waals surface area contributed by atoms with Crippen LogP contribution in [0.25, 0.3) is 11.0 Å². The van der Waals surface area contributed by atoms with Crippen LogP contribution in [0.4, 0.5) is 0 Å². The molecule has 0 saturated carbocycles. The number of aromatic nitrogens is 6. The van der Waals surface area contributed by atoms with Gasteiger partial charge in [0.1, 0.15) is 23.7 Å². The molecule has 3 aromatic rings. The molecule has 20 heavy (non-hydrogen) atoms. The standard InChI is InChI=1S/C12H13N7O/c1-8(5-19-7-13-6-14-19)15-12(20)9-2-3-10-11(4-9)17-18-16-10/h2-4,6-8H,5H2,1H3,(H,15,20)(H,16,17,18)/t8-/m1/s1. The van der Waals surface area contributed by atoms with Crippen molar-refractivity contribution in [2.75, 3.05) is 0 Å². The largest absolute Gasteiger partial charge is 0.348 e. The molecule has 8 heteroatoms. The lowest BCUT2D eigenvalue weighted by Crippen LogP contribution is -2.35. The van der Waals surface area contributed by atoms with Gasteiger partial charge in [0.25, 0.3) is 5.91 Å². The summed E-state index contributed by atoms with van der Waals surface area (Å²) in [5, 5.41) is 17.3. The second-order valence-corrected chi connectivity index (χ2v) is 4.52. The van der Waals surface area contributed by atoms with Gasteiger partial charge < -0.3 is 5.32 Å². The van der Waals surface area contributed by atoms with E-state index in [1.165, 1.54) is 6.33 Å². The van der Waals surface area contributed by atoms with Crippen LogP contribution in [0.3, 0.4) is 0 Å². The monoisotopic (exact) mass is 271 g/mol. The highest BCUT2D eigenvalue weighted by atomic mass is 16.1. The predicted octanol–water partition coefficient (Wildman–Crippen LogP) is 0.368. The van der Waals surface area contributed by atoms with Gasteiger partial charge in [0.2, 0.25) is 0 Å². The average molecular weight is 271 g/mol. The Kier molecular flexibility index (Phi) is 3.12. The van der Waals surface area contributed by atoms with Crippen LogP contribution in [0, 0.1) is 0 Å². The van der Waals surface area contributed by atoms with Crippen molar-refractivity contribution >= 4 is 16.9 Å². The van der Waals surface area contributed by atoms with Crippen LogP contribution in [0.15, 0.2) is 30.9 Å². The number of rotatable bonds is 4. The van der Waals surface area contributed by atoms with Crippen molar-refractivity contribution in [3.8, 4) is 0 Å². The zero-order valence-electron chi connectivity index (χ0n) is 10.8. The summed E-state index contributed by atoms with van der Waals surface area (Å²) in [6.45, 7) is 2.48.